The molecule has 130 valence electrons. The summed E-state index contributed by atoms with van der Waals surface area (Å²) < 4.78 is 10.8. The lowest BCUT2D eigenvalue weighted by molar-refractivity contribution is 0.0137. The van der Waals surface area contributed by atoms with Gasteiger partial charge in [-0.25, -0.2) is 4.79 Å². The molecule has 2 heterocycles. The van der Waals surface area contributed by atoms with Gasteiger partial charge in [-0.15, -0.1) is 0 Å². The Morgan fingerprint density at radius 1 is 1.25 bits per heavy atom. The molecule has 0 aliphatic carbocycles. The third-order valence-electron chi connectivity index (χ3n) is 4.10. The van der Waals surface area contributed by atoms with E-state index in [1.54, 1.807) is 4.90 Å². The van der Waals surface area contributed by atoms with E-state index in [1.165, 1.54) is 5.56 Å². The maximum atomic E-state index is 12.1. The predicted octanol–water partition coefficient (Wildman–Crippen LogP) is 3.19. The summed E-state index contributed by atoms with van der Waals surface area (Å²) in [7, 11) is 0. The van der Waals surface area contributed by atoms with Crippen molar-refractivity contribution in [3.8, 4) is 0 Å². The highest BCUT2D eigenvalue weighted by Gasteiger charge is 2.26. The average Bonchev–Trinajstić information content (AvgIpc) is 2.88. The van der Waals surface area contributed by atoms with Gasteiger partial charge in [-0.05, 0) is 39.8 Å². The fourth-order valence-corrected chi connectivity index (χ4v) is 2.84. The summed E-state index contributed by atoms with van der Waals surface area (Å²) in [6, 6.07) is 6.09. The van der Waals surface area contributed by atoms with Crippen LogP contribution in [0.15, 0.2) is 22.7 Å². The molecule has 1 saturated heterocycles. The zero-order chi connectivity index (χ0) is 17.3. The minimum Gasteiger partial charge on any atom is -0.444 e. The minimum atomic E-state index is -0.453. The van der Waals surface area contributed by atoms with Crippen LogP contribution in [0.5, 0.6) is 0 Å². The van der Waals surface area contributed by atoms with Gasteiger partial charge in [0.25, 0.3) is 0 Å². The normalized spacial score (nSPS) is 16.6. The van der Waals surface area contributed by atoms with Crippen molar-refractivity contribution in [1.82, 2.24) is 15.0 Å². The first-order valence-corrected chi connectivity index (χ1v) is 8.37. The number of aromatic nitrogens is 1. The lowest BCUT2D eigenvalue weighted by Crippen LogP contribution is -2.49. The van der Waals surface area contributed by atoms with E-state index in [0.29, 0.717) is 13.1 Å². The van der Waals surface area contributed by atoms with Crippen LogP contribution in [0.4, 0.5) is 4.79 Å². The number of hydrogen-bond donors (Lipinski definition) is 0. The van der Waals surface area contributed by atoms with Crippen LogP contribution in [0, 0.1) is 6.92 Å². The SMILES string of the molecule is Cc1ccc2onc(CN3CCN(C(=O)OC(C)(C)C)CC3)c2c1. The second kappa shape index (κ2) is 6.43. The van der Waals surface area contributed by atoms with Crippen molar-refractivity contribution in [3.63, 3.8) is 0 Å². The fourth-order valence-electron chi connectivity index (χ4n) is 2.84. The zero-order valence-corrected chi connectivity index (χ0v) is 14.8. The van der Waals surface area contributed by atoms with Crippen molar-refractivity contribution in [3.05, 3.63) is 29.5 Å². The molecule has 1 aliphatic heterocycles. The van der Waals surface area contributed by atoms with Crippen LogP contribution in [0.25, 0.3) is 11.0 Å². The highest BCUT2D eigenvalue weighted by Crippen LogP contribution is 2.21. The van der Waals surface area contributed by atoms with Crippen molar-refractivity contribution in [1.29, 1.82) is 0 Å². The first-order valence-electron chi connectivity index (χ1n) is 8.37. The average molecular weight is 331 g/mol. The zero-order valence-electron chi connectivity index (χ0n) is 14.8. The molecule has 6 heteroatoms. The Kier molecular flexibility index (Phi) is 4.49. The molecule has 0 radical (unpaired) electrons. The van der Waals surface area contributed by atoms with Gasteiger partial charge in [0.15, 0.2) is 5.58 Å². The number of carbonyl (C=O) groups excluding carboxylic acids is 1. The predicted molar refractivity (Wildman–Crippen MR) is 91.8 cm³/mol. The Labute approximate surface area is 142 Å². The summed E-state index contributed by atoms with van der Waals surface area (Å²) in [5.74, 6) is 0. The maximum Gasteiger partial charge on any atom is 0.410 e. The Hall–Kier alpha value is -2.08. The molecule has 1 fully saturated rings. The Morgan fingerprint density at radius 3 is 2.62 bits per heavy atom. The number of piperazine rings is 1. The molecule has 0 bridgehead atoms. The number of amides is 1. The molecule has 1 aliphatic rings. The van der Waals surface area contributed by atoms with Crippen LogP contribution in [0.2, 0.25) is 0 Å². The number of ether oxygens (including phenoxy) is 1. The first-order chi connectivity index (χ1) is 11.3. The van der Waals surface area contributed by atoms with E-state index in [4.69, 9.17) is 9.26 Å². The molecule has 0 atom stereocenters. The molecule has 6 nitrogen and oxygen atoms in total. The van der Waals surface area contributed by atoms with Crippen LogP contribution in [0.1, 0.15) is 32.0 Å². The number of benzene rings is 1. The van der Waals surface area contributed by atoms with Crippen molar-refractivity contribution in [2.24, 2.45) is 0 Å². The van der Waals surface area contributed by atoms with Gasteiger partial charge in [-0.1, -0.05) is 16.8 Å². The van der Waals surface area contributed by atoms with E-state index in [-0.39, 0.29) is 6.09 Å². The second-order valence-electron chi connectivity index (χ2n) is 7.37. The van der Waals surface area contributed by atoms with Crippen LogP contribution >= 0.6 is 0 Å². The maximum absolute atomic E-state index is 12.1. The van der Waals surface area contributed by atoms with E-state index in [9.17, 15) is 4.79 Å². The topological polar surface area (TPSA) is 58.8 Å². The summed E-state index contributed by atoms with van der Waals surface area (Å²) in [5.41, 5.74) is 2.52. The smallest absolute Gasteiger partial charge is 0.410 e. The van der Waals surface area contributed by atoms with E-state index < -0.39 is 5.60 Å². The Morgan fingerprint density at radius 2 is 1.96 bits per heavy atom. The van der Waals surface area contributed by atoms with E-state index >= 15 is 0 Å². The number of hydrogen-bond acceptors (Lipinski definition) is 5. The van der Waals surface area contributed by atoms with Crippen molar-refractivity contribution >= 4 is 17.1 Å². The third-order valence-corrected chi connectivity index (χ3v) is 4.10. The summed E-state index contributed by atoms with van der Waals surface area (Å²) in [6.07, 6.45) is -0.232. The number of aryl methyl sites for hydroxylation is 1. The molecule has 1 amide bonds. The quantitative estimate of drug-likeness (QED) is 0.846. The van der Waals surface area contributed by atoms with Gasteiger partial charge in [0.05, 0.1) is 0 Å². The van der Waals surface area contributed by atoms with E-state index in [2.05, 4.69) is 23.0 Å². The minimum absolute atomic E-state index is 0.232. The Balaban J connectivity index is 1.59. The van der Waals surface area contributed by atoms with Gasteiger partial charge in [0.2, 0.25) is 0 Å². The van der Waals surface area contributed by atoms with Crippen molar-refractivity contribution < 1.29 is 14.1 Å². The van der Waals surface area contributed by atoms with Crippen molar-refractivity contribution in [2.45, 2.75) is 39.8 Å². The summed E-state index contributed by atoms with van der Waals surface area (Å²) >= 11 is 0. The second-order valence-corrected chi connectivity index (χ2v) is 7.37. The van der Waals surface area contributed by atoms with Crippen LogP contribution in [-0.4, -0.2) is 52.8 Å². The molecule has 0 N–H and O–H groups in total. The number of nitrogens with zero attached hydrogens (tertiary/aromatic N) is 3. The molecule has 3 rings (SSSR count). The number of carbonyl (C=O) groups is 1. The molecule has 0 saturated carbocycles. The lowest BCUT2D eigenvalue weighted by Gasteiger charge is -2.35. The largest absolute Gasteiger partial charge is 0.444 e. The lowest BCUT2D eigenvalue weighted by atomic mass is 10.1. The third kappa shape index (κ3) is 3.87. The van der Waals surface area contributed by atoms with Gasteiger partial charge >= 0.3 is 6.09 Å². The Bertz CT molecular complexity index is 725. The molecule has 2 aromatic rings. The summed E-state index contributed by atoms with van der Waals surface area (Å²) in [6.45, 7) is 11.4. The van der Waals surface area contributed by atoms with E-state index in [0.717, 1.165) is 36.3 Å². The highest BCUT2D eigenvalue weighted by molar-refractivity contribution is 5.80. The molecular formula is C18H25N3O3. The molecule has 24 heavy (non-hydrogen) atoms. The van der Waals surface area contributed by atoms with E-state index in [1.807, 2.05) is 32.9 Å². The first kappa shape index (κ1) is 16.8. The molecule has 0 unspecified atom stereocenters. The number of fused-ring (bicyclic) bond motifs is 1. The van der Waals surface area contributed by atoms with Gasteiger partial charge in [0, 0.05) is 38.1 Å². The molecule has 1 aromatic carbocycles. The standard InChI is InChI=1S/C18H25N3O3/c1-13-5-6-16-14(11-13)15(19-24-16)12-20-7-9-21(10-8-20)17(22)23-18(2,3)4/h5-6,11H,7-10,12H2,1-4H3. The van der Waals surface area contributed by atoms with Gasteiger partial charge in [0.1, 0.15) is 11.3 Å². The fraction of sp³-hybridized carbons (Fsp3) is 0.556. The number of rotatable bonds is 2. The van der Waals surface area contributed by atoms with Crippen LogP contribution in [-0.2, 0) is 11.3 Å². The van der Waals surface area contributed by atoms with Crippen LogP contribution in [0.3, 0.4) is 0 Å². The summed E-state index contributed by atoms with van der Waals surface area (Å²) in [4.78, 5) is 16.2. The summed E-state index contributed by atoms with van der Waals surface area (Å²) in [5, 5.41) is 5.28. The van der Waals surface area contributed by atoms with Gasteiger partial charge in [-0.2, -0.15) is 0 Å². The molecule has 0 spiro atoms. The van der Waals surface area contributed by atoms with Crippen LogP contribution < -0.4 is 0 Å². The van der Waals surface area contributed by atoms with Gasteiger partial charge in [-0.3, -0.25) is 4.90 Å². The van der Waals surface area contributed by atoms with Gasteiger partial charge < -0.3 is 14.2 Å². The monoisotopic (exact) mass is 331 g/mol. The van der Waals surface area contributed by atoms with Crippen molar-refractivity contribution in [2.75, 3.05) is 26.2 Å². The molecule has 1 aromatic heterocycles. The molecular weight excluding hydrogens is 306 g/mol. The highest BCUT2D eigenvalue weighted by atomic mass is 16.6.